The molecule has 1 amide bonds. The highest BCUT2D eigenvalue weighted by Crippen LogP contribution is 2.59. The monoisotopic (exact) mass is 409 g/mol. The maximum atomic E-state index is 12.7. The van der Waals surface area contributed by atoms with Crippen LogP contribution in [0.5, 0.6) is 5.75 Å². The SMILES string of the molecule is CC12CCC3c4ccc(OC(=O)N5CC6COCC6C5)cc4CCC3C1CCC2=O. The highest BCUT2D eigenvalue weighted by molar-refractivity contribution is 5.87. The molecular weight excluding hydrogens is 378 g/mol. The number of hydrogen-bond donors (Lipinski definition) is 0. The van der Waals surface area contributed by atoms with E-state index >= 15 is 0 Å². The Hall–Kier alpha value is -1.88. The molecule has 0 N–H and O–H groups in total. The zero-order chi connectivity index (χ0) is 20.5. The van der Waals surface area contributed by atoms with Crippen molar-refractivity contribution in [3.63, 3.8) is 0 Å². The van der Waals surface area contributed by atoms with E-state index in [0.29, 0.717) is 41.1 Å². The molecule has 4 fully saturated rings. The molecule has 2 aliphatic heterocycles. The van der Waals surface area contributed by atoms with Crippen LogP contribution in [0.2, 0.25) is 0 Å². The summed E-state index contributed by atoms with van der Waals surface area (Å²) < 4.78 is 11.3. The van der Waals surface area contributed by atoms with E-state index in [2.05, 4.69) is 19.1 Å². The molecular formula is C25H31NO4. The number of amides is 1. The van der Waals surface area contributed by atoms with Gasteiger partial charge in [0.1, 0.15) is 11.5 Å². The maximum Gasteiger partial charge on any atom is 0.415 e. The highest BCUT2D eigenvalue weighted by Gasteiger charge is 2.54. The first-order chi connectivity index (χ1) is 14.5. The summed E-state index contributed by atoms with van der Waals surface area (Å²) in [7, 11) is 0. The van der Waals surface area contributed by atoms with Crippen LogP contribution in [0.25, 0.3) is 0 Å². The van der Waals surface area contributed by atoms with Crippen molar-refractivity contribution < 1.29 is 19.1 Å². The molecule has 0 radical (unpaired) electrons. The van der Waals surface area contributed by atoms with Crippen LogP contribution in [-0.2, 0) is 16.0 Å². The summed E-state index contributed by atoms with van der Waals surface area (Å²) >= 11 is 0. The molecule has 5 nitrogen and oxygen atoms in total. The molecule has 2 saturated heterocycles. The van der Waals surface area contributed by atoms with Crippen molar-refractivity contribution in [3.8, 4) is 5.75 Å². The predicted molar refractivity (Wildman–Crippen MR) is 111 cm³/mol. The topological polar surface area (TPSA) is 55.8 Å². The van der Waals surface area contributed by atoms with Crippen molar-refractivity contribution in [2.45, 2.75) is 51.4 Å². The van der Waals surface area contributed by atoms with Gasteiger partial charge in [-0.1, -0.05) is 13.0 Å². The second kappa shape index (κ2) is 6.81. The van der Waals surface area contributed by atoms with Gasteiger partial charge in [0.25, 0.3) is 0 Å². The largest absolute Gasteiger partial charge is 0.415 e. The van der Waals surface area contributed by atoms with E-state index in [4.69, 9.17) is 9.47 Å². The summed E-state index contributed by atoms with van der Waals surface area (Å²) in [6, 6.07) is 6.27. The minimum Gasteiger partial charge on any atom is -0.410 e. The third-order valence-corrected chi connectivity index (χ3v) is 9.11. The van der Waals surface area contributed by atoms with Crippen LogP contribution in [0.4, 0.5) is 4.79 Å². The molecule has 6 rings (SSSR count). The van der Waals surface area contributed by atoms with E-state index in [0.717, 1.165) is 64.8 Å². The van der Waals surface area contributed by atoms with Gasteiger partial charge >= 0.3 is 6.09 Å². The van der Waals surface area contributed by atoms with Gasteiger partial charge in [-0.05, 0) is 73.1 Å². The lowest BCUT2D eigenvalue weighted by Crippen LogP contribution is -2.42. The average Bonchev–Trinajstić information content (AvgIpc) is 3.42. The third-order valence-electron chi connectivity index (χ3n) is 9.11. The number of Topliss-reactive ketones (excluding diaryl/α,β-unsaturated/α-hetero) is 1. The molecule has 2 heterocycles. The number of carbonyl (C=O) groups is 2. The van der Waals surface area contributed by atoms with Gasteiger partial charge in [-0.3, -0.25) is 4.79 Å². The number of likely N-dealkylation sites (tertiary alicyclic amines) is 1. The number of hydrogen-bond acceptors (Lipinski definition) is 4. The van der Waals surface area contributed by atoms with Gasteiger partial charge < -0.3 is 14.4 Å². The lowest BCUT2D eigenvalue weighted by Gasteiger charge is -2.48. The summed E-state index contributed by atoms with van der Waals surface area (Å²) in [5.41, 5.74) is 2.69. The van der Waals surface area contributed by atoms with Gasteiger partial charge in [-0.2, -0.15) is 0 Å². The summed E-state index contributed by atoms with van der Waals surface area (Å²) in [4.78, 5) is 27.0. The minimum atomic E-state index is -0.226. The Morgan fingerprint density at radius 2 is 1.93 bits per heavy atom. The number of fused-ring (bicyclic) bond motifs is 6. The zero-order valence-corrected chi connectivity index (χ0v) is 17.8. The minimum absolute atomic E-state index is 0.0762. The molecule has 5 aliphatic rings. The van der Waals surface area contributed by atoms with Crippen LogP contribution in [0, 0.1) is 29.1 Å². The van der Waals surface area contributed by atoms with Gasteiger partial charge in [0.15, 0.2) is 0 Å². The van der Waals surface area contributed by atoms with Crippen LogP contribution >= 0.6 is 0 Å². The molecule has 2 saturated carbocycles. The quantitative estimate of drug-likeness (QED) is 0.698. The van der Waals surface area contributed by atoms with Crippen LogP contribution in [0.15, 0.2) is 18.2 Å². The summed E-state index contributed by atoms with van der Waals surface area (Å²) in [6.45, 7) is 5.25. The van der Waals surface area contributed by atoms with Crippen molar-refractivity contribution >= 4 is 11.9 Å². The van der Waals surface area contributed by atoms with E-state index in [1.807, 2.05) is 11.0 Å². The fourth-order valence-electron chi connectivity index (χ4n) is 7.39. The molecule has 6 unspecified atom stereocenters. The number of ether oxygens (including phenoxy) is 2. The van der Waals surface area contributed by atoms with E-state index in [1.54, 1.807) is 0 Å². The number of aryl methyl sites for hydroxylation is 1. The van der Waals surface area contributed by atoms with Crippen LogP contribution in [0.3, 0.4) is 0 Å². The van der Waals surface area contributed by atoms with Crippen LogP contribution in [0.1, 0.15) is 56.1 Å². The second-order valence-corrected chi connectivity index (χ2v) is 10.5. The van der Waals surface area contributed by atoms with Crippen LogP contribution < -0.4 is 4.74 Å². The highest BCUT2D eigenvalue weighted by atomic mass is 16.6. The molecule has 3 aliphatic carbocycles. The number of benzene rings is 1. The molecule has 0 bridgehead atoms. The van der Waals surface area contributed by atoms with Crippen molar-refractivity contribution in [3.05, 3.63) is 29.3 Å². The number of carbonyl (C=O) groups excluding carboxylic acids is 2. The first-order valence-corrected chi connectivity index (χ1v) is 11.7. The Labute approximate surface area is 178 Å². The fraction of sp³-hybridized carbons (Fsp3) is 0.680. The van der Waals surface area contributed by atoms with Crippen molar-refractivity contribution in [2.24, 2.45) is 29.1 Å². The smallest absolute Gasteiger partial charge is 0.410 e. The molecule has 6 atom stereocenters. The lowest BCUT2D eigenvalue weighted by atomic mass is 9.55. The van der Waals surface area contributed by atoms with Gasteiger partial charge in [-0.25, -0.2) is 4.79 Å². The maximum absolute atomic E-state index is 12.7. The van der Waals surface area contributed by atoms with Gasteiger partial charge in [-0.15, -0.1) is 0 Å². The van der Waals surface area contributed by atoms with E-state index < -0.39 is 0 Å². The Morgan fingerprint density at radius 1 is 1.13 bits per heavy atom. The summed E-state index contributed by atoms with van der Waals surface area (Å²) in [6.07, 6.45) is 5.92. The predicted octanol–water partition coefficient (Wildman–Crippen LogP) is 4.19. The molecule has 30 heavy (non-hydrogen) atoms. The lowest BCUT2D eigenvalue weighted by molar-refractivity contribution is -0.129. The van der Waals surface area contributed by atoms with Crippen molar-refractivity contribution in [2.75, 3.05) is 26.3 Å². The normalized spacial score (nSPS) is 39.3. The molecule has 5 heteroatoms. The van der Waals surface area contributed by atoms with E-state index in [-0.39, 0.29) is 11.5 Å². The van der Waals surface area contributed by atoms with Crippen molar-refractivity contribution in [1.29, 1.82) is 0 Å². The third kappa shape index (κ3) is 2.77. The average molecular weight is 410 g/mol. The first kappa shape index (κ1) is 18.9. The number of rotatable bonds is 1. The molecule has 1 aromatic rings. The van der Waals surface area contributed by atoms with Gasteiger partial charge in [0.2, 0.25) is 0 Å². The molecule has 0 aromatic heterocycles. The Kier molecular flexibility index (Phi) is 4.28. The Balaban J connectivity index is 1.17. The summed E-state index contributed by atoms with van der Waals surface area (Å²) in [5, 5.41) is 0. The number of nitrogens with zero attached hydrogens (tertiary/aromatic N) is 1. The molecule has 0 spiro atoms. The van der Waals surface area contributed by atoms with E-state index in [1.165, 1.54) is 11.1 Å². The summed E-state index contributed by atoms with van der Waals surface area (Å²) in [5.74, 6) is 3.84. The Morgan fingerprint density at radius 3 is 2.73 bits per heavy atom. The van der Waals surface area contributed by atoms with Gasteiger partial charge in [0.05, 0.1) is 13.2 Å². The fourth-order valence-corrected chi connectivity index (χ4v) is 7.39. The zero-order valence-electron chi connectivity index (χ0n) is 17.8. The molecule has 1 aromatic carbocycles. The van der Waals surface area contributed by atoms with Crippen LogP contribution in [-0.4, -0.2) is 43.1 Å². The first-order valence-electron chi connectivity index (χ1n) is 11.7. The van der Waals surface area contributed by atoms with Crippen molar-refractivity contribution in [1.82, 2.24) is 4.90 Å². The second-order valence-electron chi connectivity index (χ2n) is 10.5. The standard InChI is InChI=1S/C25H31NO4/c1-25-9-8-20-19-5-3-18(30-24(28)26-11-16-13-29-14-17(16)12-26)10-15(19)2-4-21(20)22(25)6-7-23(25)27/h3,5,10,16-17,20-22H,2,4,6-9,11-14H2,1H3. The number of ketones is 1. The molecule has 160 valence electrons. The van der Waals surface area contributed by atoms with Gasteiger partial charge in [0, 0.05) is 36.8 Å². The Bertz CT molecular complexity index is 885. The van der Waals surface area contributed by atoms with E-state index in [9.17, 15) is 9.59 Å².